The number of nitrogens with zero attached hydrogens (tertiary/aromatic N) is 1. The van der Waals surface area contributed by atoms with Crippen LogP contribution in [0.25, 0.3) is 0 Å². The average molecular weight is 215 g/mol. The van der Waals surface area contributed by atoms with Crippen molar-refractivity contribution in [1.82, 2.24) is 4.98 Å². The number of Topliss-reactive ketones (excluding diaryl/α,β-unsaturated/α-hetero) is 1. The summed E-state index contributed by atoms with van der Waals surface area (Å²) in [5.41, 5.74) is 6.46. The summed E-state index contributed by atoms with van der Waals surface area (Å²) in [6.45, 7) is 1.46. The summed E-state index contributed by atoms with van der Waals surface area (Å²) in [4.78, 5) is 14.7. The van der Waals surface area contributed by atoms with Gasteiger partial charge < -0.3 is 5.73 Å². The van der Waals surface area contributed by atoms with Gasteiger partial charge in [-0.3, -0.25) is 4.79 Å². The highest BCUT2D eigenvalue weighted by atomic mass is 79.9. The van der Waals surface area contributed by atoms with Gasteiger partial charge in [-0.25, -0.2) is 4.98 Å². The maximum absolute atomic E-state index is 10.8. The second-order valence-corrected chi connectivity index (χ2v) is 2.96. The molecule has 0 bridgehead atoms. The molecule has 0 aliphatic rings. The molecule has 0 aliphatic heterocycles. The Morgan fingerprint density at radius 3 is 2.82 bits per heavy atom. The first-order valence-corrected chi connectivity index (χ1v) is 3.82. The first kappa shape index (κ1) is 8.20. The fourth-order valence-electron chi connectivity index (χ4n) is 0.738. The Morgan fingerprint density at radius 1 is 1.73 bits per heavy atom. The summed E-state index contributed by atoms with van der Waals surface area (Å²) in [6, 6.07) is 1.61. The van der Waals surface area contributed by atoms with Crippen molar-refractivity contribution in [2.24, 2.45) is 0 Å². The van der Waals surface area contributed by atoms with Crippen LogP contribution in [0, 0.1) is 0 Å². The highest BCUT2D eigenvalue weighted by Crippen LogP contribution is 2.15. The van der Waals surface area contributed by atoms with Gasteiger partial charge in [-0.2, -0.15) is 0 Å². The molecule has 0 fully saturated rings. The van der Waals surface area contributed by atoms with Crippen molar-refractivity contribution in [2.45, 2.75) is 6.92 Å². The predicted molar refractivity (Wildman–Crippen MR) is 46.4 cm³/mol. The minimum atomic E-state index is -0.0671. The van der Waals surface area contributed by atoms with Crippen molar-refractivity contribution in [1.29, 1.82) is 0 Å². The SMILES string of the molecule is CC(=O)c1cnc(Br)cc1N. The van der Waals surface area contributed by atoms with Gasteiger partial charge in [-0.1, -0.05) is 0 Å². The van der Waals surface area contributed by atoms with E-state index in [1.165, 1.54) is 13.1 Å². The smallest absolute Gasteiger partial charge is 0.163 e. The molecule has 11 heavy (non-hydrogen) atoms. The van der Waals surface area contributed by atoms with Crippen molar-refractivity contribution in [2.75, 3.05) is 5.73 Å². The zero-order chi connectivity index (χ0) is 8.43. The number of hydrogen-bond donors (Lipinski definition) is 1. The lowest BCUT2D eigenvalue weighted by Gasteiger charge is -1.99. The zero-order valence-electron chi connectivity index (χ0n) is 5.97. The number of anilines is 1. The molecule has 58 valence electrons. The normalized spacial score (nSPS) is 9.64. The third-order valence-electron chi connectivity index (χ3n) is 1.28. The first-order valence-electron chi connectivity index (χ1n) is 3.03. The average Bonchev–Trinajstić information content (AvgIpc) is 1.85. The van der Waals surface area contributed by atoms with E-state index in [1.807, 2.05) is 0 Å². The molecule has 1 rings (SSSR count). The lowest BCUT2D eigenvalue weighted by atomic mass is 10.2. The maximum Gasteiger partial charge on any atom is 0.163 e. The van der Waals surface area contributed by atoms with Gasteiger partial charge in [0.2, 0.25) is 0 Å². The van der Waals surface area contributed by atoms with Gasteiger partial charge in [0.15, 0.2) is 5.78 Å². The monoisotopic (exact) mass is 214 g/mol. The number of nitrogen functional groups attached to an aromatic ring is 1. The van der Waals surface area contributed by atoms with E-state index in [4.69, 9.17) is 5.73 Å². The molecular weight excluding hydrogens is 208 g/mol. The molecule has 0 saturated carbocycles. The number of hydrogen-bond acceptors (Lipinski definition) is 3. The number of ketones is 1. The van der Waals surface area contributed by atoms with Crippen LogP contribution in [0.15, 0.2) is 16.9 Å². The third-order valence-corrected chi connectivity index (χ3v) is 1.72. The number of rotatable bonds is 1. The van der Waals surface area contributed by atoms with Crippen LogP contribution in [0.3, 0.4) is 0 Å². The second-order valence-electron chi connectivity index (χ2n) is 2.15. The van der Waals surface area contributed by atoms with Gasteiger partial charge in [0.1, 0.15) is 4.60 Å². The Kier molecular flexibility index (Phi) is 2.24. The molecule has 0 saturated heterocycles. The van der Waals surface area contributed by atoms with Crippen LogP contribution < -0.4 is 5.73 Å². The van der Waals surface area contributed by atoms with Gasteiger partial charge in [0, 0.05) is 11.9 Å². The molecule has 0 radical (unpaired) electrons. The van der Waals surface area contributed by atoms with E-state index >= 15 is 0 Å². The lowest BCUT2D eigenvalue weighted by molar-refractivity contribution is 0.101. The molecular formula is C7H7BrN2O. The van der Waals surface area contributed by atoms with Crippen LogP contribution in [0.2, 0.25) is 0 Å². The molecule has 0 atom stereocenters. The summed E-state index contributed by atoms with van der Waals surface area (Å²) >= 11 is 3.14. The van der Waals surface area contributed by atoms with Crippen molar-refractivity contribution in [3.63, 3.8) is 0 Å². The van der Waals surface area contributed by atoms with Crippen molar-refractivity contribution < 1.29 is 4.79 Å². The molecule has 1 heterocycles. The summed E-state index contributed by atoms with van der Waals surface area (Å²) in [6.07, 6.45) is 1.46. The van der Waals surface area contributed by atoms with E-state index in [9.17, 15) is 4.79 Å². The van der Waals surface area contributed by atoms with E-state index in [0.717, 1.165) is 0 Å². The van der Waals surface area contributed by atoms with E-state index in [2.05, 4.69) is 20.9 Å². The molecule has 0 spiro atoms. The molecule has 0 aliphatic carbocycles. The summed E-state index contributed by atoms with van der Waals surface area (Å²) < 4.78 is 0.639. The largest absolute Gasteiger partial charge is 0.398 e. The van der Waals surface area contributed by atoms with Crippen molar-refractivity contribution in [3.05, 3.63) is 22.4 Å². The van der Waals surface area contributed by atoms with E-state index in [0.29, 0.717) is 15.9 Å². The van der Waals surface area contributed by atoms with Gasteiger partial charge >= 0.3 is 0 Å². The van der Waals surface area contributed by atoms with Crippen LogP contribution in [0.1, 0.15) is 17.3 Å². The molecule has 0 unspecified atom stereocenters. The fraction of sp³-hybridized carbons (Fsp3) is 0.143. The fourth-order valence-corrected chi connectivity index (χ4v) is 1.09. The lowest BCUT2D eigenvalue weighted by Crippen LogP contribution is -2.00. The van der Waals surface area contributed by atoms with Gasteiger partial charge in [-0.15, -0.1) is 0 Å². The molecule has 2 N–H and O–H groups in total. The number of pyridine rings is 1. The number of carbonyl (C=O) groups excluding carboxylic acids is 1. The van der Waals surface area contributed by atoms with Crippen molar-refractivity contribution >= 4 is 27.4 Å². The molecule has 1 aromatic heterocycles. The Hall–Kier alpha value is -0.900. The Morgan fingerprint density at radius 2 is 2.36 bits per heavy atom. The zero-order valence-corrected chi connectivity index (χ0v) is 7.55. The van der Waals surface area contributed by atoms with Gasteiger partial charge in [0.25, 0.3) is 0 Å². The topological polar surface area (TPSA) is 56.0 Å². The van der Waals surface area contributed by atoms with Gasteiger partial charge in [0.05, 0.1) is 5.56 Å². The quantitative estimate of drug-likeness (QED) is 0.572. The minimum absolute atomic E-state index is 0.0671. The second kappa shape index (κ2) is 3.00. The summed E-state index contributed by atoms with van der Waals surface area (Å²) in [5.74, 6) is -0.0671. The Labute approximate surface area is 72.7 Å². The number of halogens is 1. The predicted octanol–water partition coefficient (Wildman–Crippen LogP) is 1.63. The summed E-state index contributed by atoms with van der Waals surface area (Å²) in [5, 5.41) is 0. The highest BCUT2D eigenvalue weighted by molar-refractivity contribution is 9.10. The van der Waals surface area contributed by atoms with Crippen LogP contribution in [-0.4, -0.2) is 10.8 Å². The van der Waals surface area contributed by atoms with Crippen molar-refractivity contribution in [3.8, 4) is 0 Å². The van der Waals surface area contributed by atoms with E-state index < -0.39 is 0 Å². The van der Waals surface area contributed by atoms with Crippen LogP contribution in [-0.2, 0) is 0 Å². The molecule has 4 heteroatoms. The first-order chi connectivity index (χ1) is 5.11. The third kappa shape index (κ3) is 1.77. The number of aromatic nitrogens is 1. The van der Waals surface area contributed by atoms with Crippen LogP contribution >= 0.6 is 15.9 Å². The molecule has 1 aromatic rings. The Bertz CT molecular complexity index is 298. The van der Waals surface area contributed by atoms with E-state index in [1.54, 1.807) is 6.07 Å². The molecule has 3 nitrogen and oxygen atoms in total. The highest BCUT2D eigenvalue weighted by Gasteiger charge is 2.04. The van der Waals surface area contributed by atoms with Gasteiger partial charge in [-0.05, 0) is 28.9 Å². The number of nitrogens with two attached hydrogens (primary N) is 1. The van der Waals surface area contributed by atoms with Crippen LogP contribution in [0.4, 0.5) is 5.69 Å². The minimum Gasteiger partial charge on any atom is -0.398 e. The summed E-state index contributed by atoms with van der Waals surface area (Å²) in [7, 11) is 0. The van der Waals surface area contributed by atoms with E-state index in [-0.39, 0.29) is 5.78 Å². The number of carbonyl (C=O) groups is 1. The molecule has 0 aromatic carbocycles. The maximum atomic E-state index is 10.8. The van der Waals surface area contributed by atoms with Crippen LogP contribution in [0.5, 0.6) is 0 Å². The Balaban J connectivity index is 3.20. The molecule has 0 amide bonds. The standard InChI is InChI=1S/C7H7BrN2O/c1-4(11)5-3-10-7(8)2-6(5)9/h2-3H,1H3,(H2,9,10).